The lowest BCUT2D eigenvalue weighted by molar-refractivity contribution is 0.0742. The zero-order valence-electron chi connectivity index (χ0n) is 19.3. The lowest BCUT2D eigenvalue weighted by Gasteiger charge is -2.36. The van der Waals surface area contributed by atoms with Crippen molar-refractivity contribution in [2.75, 3.05) is 31.1 Å². The number of benzene rings is 2. The van der Waals surface area contributed by atoms with Crippen LogP contribution in [0, 0.1) is 5.82 Å². The number of amides is 1. The van der Waals surface area contributed by atoms with E-state index < -0.39 is 5.82 Å². The van der Waals surface area contributed by atoms with E-state index in [9.17, 15) is 9.18 Å². The third-order valence-electron chi connectivity index (χ3n) is 6.36. The molecule has 178 valence electrons. The number of hydrogen-bond acceptors (Lipinski definition) is 6. The number of aromatic nitrogens is 3. The van der Waals surface area contributed by atoms with Crippen LogP contribution in [0.1, 0.15) is 10.4 Å². The molecular formula is C28H22FN5OS. The molecule has 1 aliphatic rings. The second-order valence-corrected chi connectivity index (χ2v) is 9.40. The summed E-state index contributed by atoms with van der Waals surface area (Å²) in [7, 11) is 0. The summed E-state index contributed by atoms with van der Waals surface area (Å²) < 4.78 is 14.2. The summed E-state index contributed by atoms with van der Waals surface area (Å²) in [5, 5.41) is 3.12. The van der Waals surface area contributed by atoms with Gasteiger partial charge >= 0.3 is 0 Å². The van der Waals surface area contributed by atoms with Gasteiger partial charge in [0, 0.05) is 43.3 Å². The van der Waals surface area contributed by atoms with Gasteiger partial charge in [0.2, 0.25) is 0 Å². The Kier molecular flexibility index (Phi) is 5.87. The van der Waals surface area contributed by atoms with Crippen LogP contribution in [-0.4, -0.2) is 51.9 Å². The molecule has 2 aromatic carbocycles. The molecule has 0 unspecified atom stereocenters. The molecule has 0 spiro atoms. The van der Waals surface area contributed by atoms with Crippen molar-refractivity contribution in [3.63, 3.8) is 0 Å². The Labute approximate surface area is 211 Å². The highest BCUT2D eigenvalue weighted by atomic mass is 32.1. The van der Waals surface area contributed by atoms with E-state index in [1.807, 2.05) is 36.4 Å². The highest BCUT2D eigenvalue weighted by molar-refractivity contribution is 7.17. The van der Waals surface area contributed by atoms with Crippen LogP contribution in [0.4, 0.5) is 10.2 Å². The third-order valence-corrected chi connectivity index (χ3v) is 7.24. The summed E-state index contributed by atoms with van der Waals surface area (Å²) in [4.78, 5) is 32.0. The zero-order valence-corrected chi connectivity index (χ0v) is 20.2. The molecule has 1 amide bonds. The van der Waals surface area contributed by atoms with E-state index in [1.54, 1.807) is 34.6 Å². The molecule has 6 nitrogen and oxygen atoms in total. The quantitative estimate of drug-likeness (QED) is 0.329. The second kappa shape index (κ2) is 9.47. The lowest BCUT2D eigenvalue weighted by Crippen LogP contribution is -2.49. The van der Waals surface area contributed by atoms with Crippen molar-refractivity contribution < 1.29 is 9.18 Å². The highest BCUT2D eigenvalue weighted by Crippen LogP contribution is 2.39. The predicted octanol–water partition coefficient (Wildman–Crippen LogP) is 5.52. The summed E-state index contributed by atoms with van der Waals surface area (Å²) >= 11 is 1.59. The maximum absolute atomic E-state index is 14.2. The molecule has 5 aromatic rings. The number of hydrogen-bond donors (Lipinski definition) is 0. The van der Waals surface area contributed by atoms with Crippen LogP contribution in [0.5, 0.6) is 0 Å². The lowest BCUT2D eigenvalue weighted by atomic mass is 10.1. The van der Waals surface area contributed by atoms with Crippen LogP contribution in [0.15, 0.2) is 84.4 Å². The van der Waals surface area contributed by atoms with Crippen molar-refractivity contribution in [2.45, 2.75) is 0 Å². The number of rotatable bonds is 4. The fourth-order valence-corrected chi connectivity index (χ4v) is 5.46. The van der Waals surface area contributed by atoms with Gasteiger partial charge in [0.05, 0.1) is 10.9 Å². The van der Waals surface area contributed by atoms with Crippen LogP contribution in [0.2, 0.25) is 0 Å². The second-order valence-electron chi connectivity index (χ2n) is 8.54. The average Bonchev–Trinajstić information content (AvgIpc) is 3.38. The summed E-state index contributed by atoms with van der Waals surface area (Å²) in [6.07, 6.45) is 1.74. The summed E-state index contributed by atoms with van der Waals surface area (Å²) in [6, 6.07) is 22.0. The van der Waals surface area contributed by atoms with Crippen molar-refractivity contribution in [3.05, 3.63) is 95.8 Å². The van der Waals surface area contributed by atoms with Gasteiger partial charge in [-0.15, -0.1) is 11.3 Å². The van der Waals surface area contributed by atoms with E-state index in [1.165, 1.54) is 12.1 Å². The molecule has 36 heavy (non-hydrogen) atoms. The van der Waals surface area contributed by atoms with Crippen molar-refractivity contribution in [2.24, 2.45) is 0 Å². The number of halogens is 1. The van der Waals surface area contributed by atoms with Crippen molar-refractivity contribution in [3.8, 4) is 22.6 Å². The van der Waals surface area contributed by atoms with E-state index >= 15 is 0 Å². The molecule has 8 heteroatoms. The summed E-state index contributed by atoms with van der Waals surface area (Å²) in [6.45, 7) is 2.11. The number of carbonyl (C=O) groups excluding carboxylic acids is 1. The SMILES string of the molecule is O=C(c1ccccc1F)N1CCN(c2nc(-c3ccccn3)nc3scc(-c4ccccc4)c23)CC1. The van der Waals surface area contributed by atoms with Gasteiger partial charge in [-0.2, -0.15) is 0 Å². The average molecular weight is 496 g/mol. The number of pyridine rings is 1. The largest absolute Gasteiger partial charge is 0.352 e. The van der Waals surface area contributed by atoms with E-state index in [0.717, 1.165) is 27.2 Å². The molecule has 0 aliphatic carbocycles. The standard InChI is InChI=1S/C28H22FN5OS/c29-22-11-5-4-10-20(22)28(35)34-16-14-33(15-17-34)26-24-21(19-8-2-1-3-9-19)18-36-27(24)32-25(31-26)23-12-6-7-13-30-23/h1-13,18H,14-17H2. The number of anilines is 1. The Morgan fingerprint density at radius 3 is 2.36 bits per heavy atom. The van der Waals surface area contributed by atoms with Gasteiger partial charge in [-0.25, -0.2) is 14.4 Å². The molecule has 0 saturated carbocycles. The van der Waals surface area contributed by atoms with Crippen LogP contribution in [0.25, 0.3) is 32.9 Å². The topological polar surface area (TPSA) is 62.2 Å². The van der Waals surface area contributed by atoms with Crippen molar-refractivity contribution in [1.82, 2.24) is 19.9 Å². The molecule has 4 heterocycles. The number of thiophene rings is 1. The van der Waals surface area contributed by atoms with Gasteiger partial charge in [0.1, 0.15) is 22.2 Å². The monoisotopic (exact) mass is 495 g/mol. The van der Waals surface area contributed by atoms with Crippen LogP contribution < -0.4 is 4.90 Å². The fourth-order valence-electron chi connectivity index (χ4n) is 4.52. The van der Waals surface area contributed by atoms with E-state index in [0.29, 0.717) is 37.7 Å². The Bertz CT molecular complexity index is 1530. The maximum atomic E-state index is 14.2. The molecule has 0 N–H and O–H groups in total. The Hall–Kier alpha value is -4.17. The molecule has 1 fully saturated rings. The number of piperazine rings is 1. The first kappa shape index (κ1) is 22.3. The molecule has 1 saturated heterocycles. The molecule has 0 atom stereocenters. The van der Waals surface area contributed by atoms with E-state index in [2.05, 4.69) is 27.4 Å². The summed E-state index contributed by atoms with van der Waals surface area (Å²) in [5.41, 5.74) is 3.01. The van der Waals surface area contributed by atoms with Crippen molar-refractivity contribution >= 4 is 33.3 Å². The first-order chi connectivity index (χ1) is 17.7. The predicted molar refractivity (Wildman–Crippen MR) is 141 cm³/mol. The minimum Gasteiger partial charge on any atom is -0.352 e. The van der Waals surface area contributed by atoms with Gasteiger partial charge in [0.25, 0.3) is 5.91 Å². The molecule has 6 rings (SSSR count). The normalized spacial score (nSPS) is 13.8. The summed E-state index contributed by atoms with van der Waals surface area (Å²) in [5.74, 6) is 0.631. The number of fused-ring (bicyclic) bond motifs is 1. The van der Waals surface area contributed by atoms with Crippen LogP contribution in [0.3, 0.4) is 0 Å². The molecule has 0 bridgehead atoms. The van der Waals surface area contributed by atoms with Crippen molar-refractivity contribution in [1.29, 1.82) is 0 Å². The first-order valence-electron chi connectivity index (χ1n) is 11.7. The van der Waals surface area contributed by atoms with Gasteiger partial charge < -0.3 is 9.80 Å². The smallest absolute Gasteiger partial charge is 0.256 e. The Morgan fingerprint density at radius 1 is 0.861 bits per heavy atom. The van der Waals surface area contributed by atoms with Gasteiger partial charge in [0.15, 0.2) is 5.82 Å². The third kappa shape index (κ3) is 4.09. The maximum Gasteiger partial charge on any atom is 0.256 e. The van der Waals surface area contributed by atoms with Gasteiger partial charge in [-0.3, -0.25) is 9.78 Å². The molecular weight excluding hydrogens is 473 g/mol. The molecule has 1 aliphatic heterocycles. The van der Waals surface area contributed by atoms with E-state index in [4.69, 9.17) is 9.97 Å². The molecule has 0 radical (unpaired) electrons. The van der Waals surface area contributed by atoms with Gasteiger partial charge in [-0.05, 0) is 29.8 Å². The van der Waals surface area contributed by atoms with E-state index in [-0.39, 0.29) is 11.5 Å². The fraction of sp³-hybridized carbons (Fsp3) is 0.143. The first-order valence-corrected chi connectivity index (χ1v) is 12.6. The Balaban J connectivity index is 1.37. The molecule has 3 aromatic heterocycles. The minimum atomic E-state index is -0.492. The minimum absolute atomic E-state index is 0.108. The van der Waals surface area contributed by atoms with Gasteiger partial charge in [-0.1, -0.05) is 48.5 Å². The number of carbonyl (C=O) groups is 1. The van der Waals surface area contributed by atoms with Crippen LogP contribution in [-0.2, 0) is 0 Å². The van der Waals surface area contributed by atoms with Crippen LogP contribution >= 0.6 is 11.3 Å². The number of nitrogens with zero attached hydrogens (tertiary/aromatic N) is 5. The highest BCUT2D eigenvalue weighted by Gasteiger charge is 2.27. The zero-order chi connectivity index (χ0) is 24.5. The Morgan fingerprint density at radius 2 is 1.61 bits per heavy atom.